The highest BCUT2D eigenvalue weighted by Crippen LogP contribution is 2.33. The lowest BCUT2D eigenvalue weighted by molar-refractivity contribution is 0.398. The van der Waals surface area contributed by atoms with E-state index >= 15 is 0 Å². The Bertz CT molecular complexity index is 1040. The summed E-state index contributed by atoms with van der Waals surface area (Å²) in [5.74, 6) is 0.685. The lowest BCUT2D eigenvalue weighted by atomic mass is 10.1. The number of ether oxygens (including phenoxy) is 1. The third-order valence-corrected chi connectivity index (χ3v) is 7.04. The number of sulfonamides is 1. The van der Waals surface area contributed by atoms with Gasteiger partial charge in [0.2, 0.25) is 10.0 Å². The average molecular weight is 412 g/mol. The molecule has 0 atom stereocenters. The first-order valence-corrected chi connectivity index (χ1v) is 10.7. The number of benzene rings is 1. The summed E-state index contributed by atoms with van der Waals surface area (Å²) in [4.78, 5) is 8.56. The Hall–Kier alpha value is -2.77. The minimum absolute atomic E-state index is 0.217. The van der Waals surface area contributed by atoms with Crippen LogP contribution in [0.3, 0.4) is 0 Å². The van der Waals surface area contributed by atoms with Gasteiger partial charge in [0.25, 0.3) is 0 Å². The first-order valence-electron chi connectivity index (χ1n) is 9.27. The van der Waals surface area contributed by atoms with Crippen LogP contribution in [0.2, 0.25) is 0 Å². The molecule has 0 radical (unpaired) electrons. The van der Waals surface area contributed by atoms with Crippen molar-refractivity contribution >= 4 is 10.0 Å². The summed E-state index contributed by atoms with van der Waals surface area (Å²) < 4.78 is 34.4. The van der Waals surface area contributed by atoms with E-state index in [4.69, 9.17) is 4.74 Å². The molecule has 0 bridgehead atoms. The van der Waals surface area contributed by atoms with E-state index in [1.165, 1.54) is 4.31 Å². The Morgan fingerprint density at radius 3 is 1.93 bits per heavy atom. The van der Waals surface area contributed by atoms with E-state index in [1.54, 1.807) is 57.0 Å². The van der Waals surface area contributed by atoms with Crippen molar-refractivity contribution in [1.82, 2.24) is 14.3 Å². The van der Waals surface area contributed by atoms with Crippen LogP contribution in [0.1, 0.15) is 27.8 Å². The van der Waals surface area contributed by atoms with Crippen LogP contribution in [0.15, 0.2) is 60.0 Å². The van der Waals surface area contributed by atoms with Crippen LogP contribution in [0.4, 0.5) is 0 Å². The maximum absolute atomic E-state index is 13.8. The summed E-state index contributed by atoms with van der Waals surface area (Å²) in [7, 11) is -2.19. The number of pyridine rings is 2. The molecule has 0 amide bonds. The van der Waals surface area contributed by atoms with Gasteiger partial charge in [-0.05, 0) is 66.8 Å². The predicted molar refractivity (Wildman–Crippen MR) is 112 cm³/mol. The molecule has 0 N–H and O–H groups in total. The van der Waals surface area contributed by atoms with Crippen LogP contribution in [0.25, 0.3) is 0 Å². The predicted octanol–water partition coefficient (Wildman–Crippen LogP) is 3.80. The molecule has 3 aromatic rings. The van der Waals surface area contributed by atoms with Gasteiger partial charge in [-0.25, -0.2) is 8.42 Å². The van der Waals surface area contributed by atoms with Gasteiger partial charge in [-0.15, -0.1) is 0 Å². The Morgan fingerprint density at radius 2 is 1.48 bits per heavy atom. The van der Waals surface area contributed by atoms with E-state index < -0.39 is 10.0 Å². The standard InChI is InChI=1S/C22H25N3O3S/c1-16-11-21(28-4)17(2)18(3)22(16)29(26,27)25(14-19-7-5-9-23-12-19)15-20-8-6-10-24-13-20/h5-13H,14-15H2,1-4H3. The molecule has 2 heterocycles. The second kappa shape index (κ2) is 8.71. The number of nitrogens with zero attached hydrogens (tertiary/aromatic N) is 3. The van der Waals surface area contributed by atoms with Crippen LogP contribution in [-0.4, -0.2) is 29.8 Å². The average Bonchev–Trinajstić information content (AvgIpc) is 2.71. The van der Waals surface area contributed by atoms with Gasteiger partial charge in [-0.1, -0.05) is 12.1 Å². The van der Waals surface area contributed by atoms with Crippen LogP contribution in [0, 0.1) is 20.8 Å². The first-order chi connectivity index (χ1) is 13.8. The van der Waals surface area contributed by atoms with E-state index in [2.05, 4.69) is 9.97 Å². The van der Waals surface area contributed by atoms with Crippen molar-refractivity contribution in [3.8, 4) is 5.75 Å². The molecule has 0 saturated carbocycles. The van der Waals surface area contributed by atoms with Crippen molar-refractivity contribution in [2.24, 2.45) is 0 Å². The van der Waals surface area contributed by atoms with Gasteiger partial charge in [0.05, 0.1) is 12.0 Å². The van der Waals surface area contributed by atoms with Crippen LogP contribution in [0.5, 0.6) is 5.75 Å². The smallest absolute Gasteiger partial charge is 0.244 e. The molecule has 0 aliphatic rings. The molecule has 0 saturated heterocycles. The fraction of sp³-hybridized carbons (Fsp3) is 0.273. The highest BCUT2D eigenvalue weighted by molar-refractivity contribution is 7.89. The van der Waals surface area contributed by atoms with Crippen molar-refractivity contribution in [2.75, 3.05) is 7.11 Å². The summed E-state index contributed by atoms with van der Waals surface area (Å²) in [6.45, 7) is 5.93. The third kappa shape index (κ3) is 4.46. The van der Waals surface area contributed by atoms with Crippen LogP contribution < -0.4 is 4.74 Å². The summed E-state index contributed by atoms with van der Waals surface area (Å²) in [6.07, 6.45) is 6.71. The zero-order chi connectivity index (χ0) is 21.0. The van der Waals surface area contributed by atoms with E-state index in [-0.39, 0.29) is 13.1 Å². The fourth-order valence-corrected chi connectivity index (χ4v) is 5.28. The zero-order valence-corrected chi connectivity index (χ0v) is 17.9. The van der Waals surface area contributed by atoms with Gasteiger partial charge in [0.15, 0.2) is 0 Å². The lowest BCUT2D eigenvalue weighted by Crippen LogP contribution is -2.31. The van der Waals surface area contributed by atoms with Crippen LogP contribution in [-0.2, 0) is 23.1 Å². The van der Waals surface area contributed by atoms with Gasteiger partial charge < -0.3 is 4.74 Å². The highest BCUT2D eigenvalue weighted by atomic mass is 32.2. The monoisotopic (exact) mass is 411 g/mol. The van der Waals surface area contributed by atoms with E-state index in [0.29, 0.717) is 21.8 Å². The zero-order valence-electron chi connectivity index (χ0n) is 17.1. The molecule has 0 aliphatic carbocycles. The van der Waals surface area contributed by atoms with Gasteiger partial charge in [0.1, 0.15) is 5.75 Å². The summed E-state index contributed by atoms with van der Waals surface area (Å²) >= 11 is 0. The summed E-state index contributed by atoms with van der Waals surface area (Å²) in [5.41, 5.74) is 3.82. The number of methoxy groups -OCH3 is 1. The SMILES string of the molecule is COc1cc(C)c(S(=O)(=O)N(Cc2cccnc2)Cc2cccnc2)c(C)c1C. The van der Waals surface area contributed by atoms with Crippen molar-refractivity contribution in [1.29, 1.82) is 0 Å². The van der Waals surface area contributed by atoms with Crippen molar-refractivity contribution < 1.29 is 13.2 Å². The summed E-state index contributed by atoms with van der Waals surface area (Å²) in [6, 6.07) is 9.13. The quantitative estimate of drug-likeness (QED) is 0.591. The van der Waals surface area contributed by atoms with E-state index in [1.807, 2.05) is 26.0 Å². The van der Waals surface area contributed by atoms with Crippen molar-refractivity contribution in [3.05, 3.63) is 82.9 Å². The Kier molecular flexibility index (Phi) is 6.30. The van der Waals surface area contributed by atoms with Gasteiger partial charge in [0, 0.05) is 37.9 Å². The second-order valence-electron chi connectivity index (χ2n) is 6.97. The van der Waals surface area contributed by atoms with Gasteiger partial charge in [-0.2, -0.15) is 4.31 Å². The molecule has 0 spiro atoms. The largest absolute Gasteiger partial charge is 0.496 e. The first kappa shape index (κ1) is 21.0. The third-order valence-electron chi connectivity index (χ3n) is 4.96. The maximum atomic E-state index is 13.8. The molecule has 2 aromatic heterocycles. The number of aromatic nitrogens is 2. The van der Waals surface area contributed by atoms with Crippen molar-refractivity contribution in [3.63, 3.8) is 0 Å². The Balaban J connectivity index is 2.10. The Morgan fingerprint density at radius 1 is 0.931 bits per heavy atom. The molecule has 6 nitrogen and oxygen atoms in total. The number of hydrogen-bond donors (Lipinski definition) is 0. The van der Waals surface area contributed by atoms with Crippen LogP contribution >= 0.6 is 0 Å². The number of aryl methyl sites for hydroxylation is 1. The van der Waals surface area contributed by atoms with Gasteiger partial charge >= 0.3 is 0 Å². The minimum Gasteiger partial charge on any atom is -0.496 e. The Labute approximate surface area is 172 Å². The highest BCUT2D eigenvalue weighted by Gasteiger charge is 2.30. The van der Waals surface area contributed by atoms with E-state index in [9.17, 15) is 8.42 Å². The minimum atomic E-state index is -3.78. The second-order valence-corrected chi connectivity index (χ2v) is 8.85. The molecule has 1 aromatic carbocycles. The molecule has 7 heteroatoms. The molecule has 29 heavy (non-hydrogen) atoms. The molecule has 3 rings (SSSR count). The molecule has 0 fully saturated rings. The van der Waals surface area contributed by atoms with Crippen molar-refractivity contribution in [2.45, 2.75) is 38.8 Å². The summed E-state index contributed by atoms with van der Waals surface area (Å²) in [5, 5.41) is 0. The maximum Gasteiger partial charge on any atom is 0.244 e. The van der Waals surface area contributed by atoms with E-state index in [0.717, 1.165) is 16.7 Å². The molecular weight excluding hydrogens is 386 g/mol. The lowest BCUT2D eigenvalue weighted by Gasteiger charge is -2.25. The topological polar surface area (TPSA) is 72.4 Å². The fourth-order valence-electron chi connectivity index (χ4n) is 3.38. The molecular formula is C22H25N3O3S. The van der Waals surface area contributed by atoms with Gasteiger partial charge in [-0.3, -0.25) is 9.97 Å². The number of hydrogen-bond acceptors (Lipinski definition) is 5. The normalized spacial score (nSPS) is 11.6. The molecule has 0 unspecified atom stereocenters. The molecule has 152 valence electrons. The number of rotatable bonds is 7. The molecule has 0 aliphatic heterocycles.